The van der Waals surface area contributed by atoms with Crippen molar-refractivity contribution < 1.29 is 9.59 Å². The van der Waals surface area contributed by atoms with Crippen molar-refractivity contribution in [2.24, 2.45) is 0 Å². The Kier molecular flexibility index (Phi) is 4.97. The average molecular weight is 288 g/mol. The Bertz CT molecular complexity index is 610. The normalized spacial score (nSPS) is 10.1. The van der Waals surface area contributed by atoms with Crippen molar-refractivity contribution in [2.75, 3.05) is 11.9 Å². The summed E-state index contributed by atoms with van der Waals surface area (Å²) in [5.74, 6) is -0.0872. The van der Waals surface area contributed by atoms with Crippen LogP contribution in [-0.4, -0.2) is 38.3 Å². The van der Waals surface area contributed by atoms with Crippen LogP contribution in [0.4, 0.5) is 5.82 Å². The molecule has 0 bridgehead atoms. The van der Waals surface area contributed by atoms with Crippen LogP contribution in [-0.2, 0) is 22.6 Å². The van der Waals surface area contributed by atoms with E-state index in [1.165, 1.54) is 17.8 Å². The summed E-state index contributed by atoms with van der Waals surface area (Å²) in [4.78, 5) is 26.7. The molecule has 0 aromatic carbocycles. The van der Waals surface area contributed by atoms with Crippen LogP contribution in [0.1, 0.15) is 12.6 Å². The van der Waals surface area contributed by atoms with Crippen LogP contribution in [0.15, 0.2) is 30.6 Å². The van der Waals surface area contributed by atoms with Gasteiger partial charge in [-0.1, -0.05) is 11.3 Å². The van der Waals surface area contributed by atoms with Crippen LogP contribution < -0.4 is 10.6 Å². The van der Waals surface area contributed by atoms with Gasteiger partial charge in [-0.3, -0.25) is 14.6 Å². The second kappa shape index (κ2) is 7.13. The average Bonchev–Trinajstić information content (AvgIpc) is 2.86. The predicted octanol–water partition coefficient (Wildman–Crippen LogP) is -0.00960. The van der Waals surface area contributed by atoms with Gasteiger partial charge in [0.25, 0.3) is 0 Å². The van der Waals surface area contributed by atoms with Gasteiger partial charge in [0.2, 0.25) is 11.8 Å². The fourth-order valence-electron chi connectivity index (χ4n) is 1.69. The summed E-state index contributed by atoms with van der Waals surface area (Å²) in [7, 11) is 0. The smallest absolute Gasteiger partial charge is 0.241 e. The molecule has 0 unspecified atom stereocenters. The molecule has 8 nitrogen and oxygen atoms in total. The van der Waals surface area contributed by atoms with E-state index in [0.29, 0.717) is 18.8 Å². The summed E-state index contributed by atoms with van der Waals surface area (Å²) in [5, 5.41) is 12.7. The molecule has 21 heavy (non-hydrogen) atoms. The van der Waals surface area contributed by atoms with Gasteiger partial charge in [-0.2, -0.15) is 0 Å². The first-order valence-corrected chi connectivity index (χ1v) is 6.48. The maximum atomic E-state index is 11.7. The molecule has 0 fully saturated rings. The molecule has 2 aromatic rings. The molecule has 2 amide bonds. The van der Waals surface area contributed by atoms with Gasteiger partial charge in [0.15, 0.2) is 5.82 Å². The SMILES string of the molecule is CC(=O)Nc1cn(CC(=O)NCCc2ccccn2)nn1. The van der Waals surface area contributed by atoms with Crippen molar-refractivity contribution in [3.8, 4) is 0 Å². The van der Waals surface area contributed by atoms with Gasteiger partial charge in [-0.05, 0) is 12.1 Å². The number of anilines is 1. The Labute approximate surface area is 121 Å². The molecule has 8 heteroatoms. The molecule has 110 valence electrons. The number of nitrogens with zero attached hydrogens (tertiary/aromatic N) is 4. The van der Waals surface area contributed by atoms with E-state index in [4.69, 9.17) is 0 Å². The minimum absolute atomic E-state index is 0.0504. The maximum absolute atomic E-state index is 11.7. The fraction of sp³-hybridized carbons (Fsp3) is 0.308. The Morgan fingerprint density at radius 1 is 1.33 bits per heavy atom. The zero-order valence-corrected chi connectivity index (χ0v) is 11.6. The Morgan fingerprint density at radius 3 is 2.90 bits per heavy atom. The monoisotopic (exact) mass is 288 g/mol. The highest BCUT2D eigenvalue weighted by Gasteiger charge is 2.06. The second-order valence-electron chi connectivity index (χ2n) is 4.40. The first kappa shape index (κ1) is 14.6. The summed E-state index contributed by atoms with van der Waals surface area (Å²) >= 11 is 0. The van der Waals surface area contributed by atoms with Crippen LogP contribution in [0.5, 0.6) is 0 Å². The fourth-order valence-corrected chi connectivity index (χ4v) is 1.69. The molecule has 2 N–H and O–H groups in total. The van der Waals surface area contributed by atoms with Gasteiger partial charge in [0.05, 0.1) is 6.20 Å². The lowest BCUT2D eigenvalue weighted by Crippen LogP contribution is -2.29. The zero-order chi connectivity index (χ0) is 15.1. The van der Waals surface area contributed by atoms with Gasteiger partial charge < -0.3 is 10.6 Å². The minimum Gasteiger partial charge on any atom is -0.354 e. The molecule has 2 rings (SSSR count). The zero-order valence-electron chi connectivity index (χ0n) is 11.6. The summed E-state index contributed by atoms with van der Waals surface area (Å²) < 4.78 is 1.36. The maximum Gasteiger partial charge on any atom is 0.241 e. The number of aromatic nitrogens is 4. The predicted molar refractivity (Wildman–Crippen MR) is 75.3 cm³/mol. The van der Waals surface area contributed by atoms with Crippen LogP contribution in [0.25, 0.3) is 0 Å². The molecular formula is C13H16N6O2. The van der Waals surface area contributed by atoms with Crippen molar-refractivity contribution in [1.82, 2.24) is 25.3 Å². The summed E-state index contributed by atoms with van der Waals surface area (Å²) in [6, 6.07) is 5.66. The Hall–Kier alpha value is -2.77. The standard InChI is InChI=1S/C13H16N6O2/c1-10(20)16-12-8-19(18-17-12)9-13(21)15-7-5-11-4-2-3-6-14-11/h2-4,6,8H,5,7,9H2,1H3,(H,15,21)(H,16,20). The third kappa shape index (κ3) is 5.01. The van der Waals surface area contributed by atoms with Gasteiger partial charge in [0, 0.05) is 31.8 Å². The van der Waals surface area contributed by atoms with Crippen LogP contribution in [0, 0.1) is 0 Å². The third-order valence-corrected chi connectivity index (χ3v) is 2.58. The molecular weight excluding hydrogens is 272 g/mol. The largest absolute Gasteiger partial charge is 0.354 e. The van der Waals surface area contributed by atoms with Crippen molar-refractivity contribution in [3.63, 3.8) is 0 Å². The van der Waals surface area contributed by atoms with E-state index in [1.54, 1.807) is 6.20 Å². The number of amides is 2. The molecule has 0 saturated heterocycles. The second-order valence-corrected chi connectivity index (χ2v) is 4.40. The molecule has 2 aromatic heterocycles. The number of pyridine rings is 1. The van der Waals surface area contributed by atoms with E-state index in [-0.39, 0.29) is 18.4 Å². The van der Waals surface area contributed by atoms with E-state index >= 15 is 0 Å². The van der Waals surface area contributed by atoms with Crippen molar-refractivity contribution >= 4 is 17.6 Å². The van der Waals surface area contributed by atoms with Crippen molar-refractivity contribution in [1.29, 1.82) is 0 Å². The Morgan fingerprint density at radius 2 is 2.19 bits per heavy atom. The molecule has 0 spiro atoms. The number of hydrogen-bond donors (Lipinski definition) is 2. The van der Waals surface area contributed by atoms with E-state index in [9.17, 15) is 9.59 Å². The quantitative estimate of drug-likeness (QED) is 0.778. The van der Waals surface area contributed by atoms with E-state index in [1.807, 2.05) is 18.2 Å². The first-order valence-electron chi connectivity index (χ1n) is 6.48. The number of carbonyl (C=O) groups excluding carboxylic acids is 2. The van der Waals surface area contributed by atoms with E-state index in [2.05, 4.69) is 25.9 Å². The lowest BCUT2D eigenvalue weighted by molar-refractivity contribution is -0.121. The minimum atomic E-state index is -0.234. The molecule has 0 aliphatic carbocycles. The van der Waals surface area contributed by atoms with Crippen molar-refractivity contribution in [2.45, 2.75) is 19.9 Å². The van der Waals surface area contributed by atoms with Crippen LogP contribution in [0.3, 0.4) is 0 Å². The first-order chi connectivity index (χ1) is 10.1. The van der Waals surface area contributed by atoms with Gasteiger partial charge in [0.1, 0.15) is 6.54 Å². The van der Waals surface area contributed by atoms with Crippen LogP contribution in [0.2, 0.25) is 0 Å². The molecule has 0 atom stereocenters. The van der Waals surface area contributed by atoms with Gasteiger partial charge in [-0.15, -0.1) is 5.10 Å². The number of nitrogens with one attached hydrogen (secondary N) is 2. The number of rotatable bonds is 6. The third-order valence-electron chi connectivity index (χ3n) is 2.58. The summed E-state index contributed by atoms with van der Waals surface area (Å²) in [6.45, 7) is 1.93. The van der Waals surface area contributed by atoms with E-state index in [0.717, 1.165) is 5.69 Å². The highest BCUT2D eigenvalue weighted by molar-refractivity contribution is 5.87. The lowest BCUT2D eigenvalue weighted by atomic mass is 10.3. The highest BCUT2D eigenvalue weighted by Crippen LogP contribution is 1.99. The lowest BCUT2D eigenvalue weighted by Gasteiger charge is -2.04. The number of carbonyl (C=O) groups is 2. The molecule has 0 radical (unpaired) electrons. The highest BCUT2D eigenvalue weighted by atomic mass is 16.2. The molecule has 0 aliphatic heterocycles. The van der Waals surface area contributed by atoms with E-state index < -0.39 is 0 Å². The topological polar surface area (TPSA) is 102 Å². The van der Waals surface area contributed by atoms with Crippen molar-refractivity contribution in [3.05, 3.63) is 36.3 Å². The molecule has 0 saturated carbocycles. The van der Waals surface area contributed by atoms with Gasteiger partial charge >= 0.3 is 0 Å². The summed E-state index contributed by atoms with van der Waals surface area (Å²) in [6.07, 6.45) is 3.89. The molecule has 0 aliphatic rings. The Balaban J connectivity index is 1.74. The summed E-state index contributed by atoms with van der Waals surface area (Å²) in [5.41, 5.74) is 0.923. The molecule has 2 heterocycles. The van der Waals surface area contributed by atoms with Crippen LogP contribution >= 0.6 is 0 Å². The number of hydrogen-bond acceptors (Lipinski definition) is 5. The van der Waals surface area contributed by atoms with Gasteiger partial charge in [-0.25, -0.2) is 4.68 Å².